The smallest absolute Gasteiger partial charge is 0.0214 e. The first kappa shape index (κ1) is 9.31. The van der Waals surface area contributed by atoms with Gasteiger partial charge in [-0.3, -0.25) is 0 Å². The molecule has 1 rings (SSSR count). The molecule has 0 amide bonds. The maximum absolute atomic E-state index is 5.60. The minimum atomic E-state index is 0. The summed E-state index contributed by atoms with van der Waals surface area (Å²) in [6.07, 6.45) is 0. The quantitative estimate of drug-likeness (QED) is 0.571. The summed E-state index contributed by atoms with van der Waals surface area (Å²) < 4.78 is 0. The molecule has 0 N–H and O–H groups in total. The minimum absolute atomic E-state index is 0. The summed E-state index contributed by atoms with van der Waals surface area (Å²) in [5, 5.41) is 0.655. The zero-order valence-electron chi connectivity index (χ0n) is 4.54. The SMILES string of the molecule is [S-]c1ccccc1Cl.[V]. The molecule has 0 atom stereocenters. The van der Waals surface area contributed by atoms with Crippen LogP contribution in [0.2, 0.25) is 5.02 Å². The summed E-state index contributed by atoms with van der Waals surface area (Å²) in [5.74, 6) is 0. The van der Waals surface area contributed by atoms with E-state index in [0.29, 0.717) is 9.92 Å². The van der Waals surface area contributed by atoms with Crippen molar-refractivity contribution in [2.75, 3.05) is 0 Å². The van der Waals surface area contributed by atoms with Gasteiger partial charge in [-0.1, -0.05) is 29.8 Å². The summed E-state index contributed by atoms with van der Waals surface area (Å²) in [4.78, 5) is 0.717. The fourth-order valence-electron chi connectivity index (χ4n) is 0.445. The molecule has 0 fully saturated rings. The number of hydrogen-bond acceptors (Lipinski definition) is 1. The van der Waals surface area contributed by atoms with Gasteiger partial charge in [-0.15, -0.1) is 0 Å². The minimum Gasteiger partial charge on any atom is -0.778 e. The molecule has 9 heavy (non-hydrogen) atoms. The van der Waals surface area contributed by atoms with Gasteiger partial charge in [0.25, 0.3) is 0 Å². The molecule has 0 aromatic heterocycles. The van der Waals surface area contributed by atoms with E-state index in [1.54, 1.807) is 12.1 Å². The van der Waals surface area contributed by atoms with E-state index in [2.05, 4.69) is 0 Å². The van der Waals surface area contributed by atoms with E-state index in [1.165, 1.54) is 0 Å². The van der Waals surface area contributed by atoms with Crippen LogP contribution in [0.1, 0.15) is 0 Å². The Balaban J connectivity index is 0.000000640. The number of hydrogen-bond donors (Lipinski definition) is 0. The Morgan fingerprint density at radius 1 is 1.22 bits per heavy atom. The third-order valence-corrected chi connectivity index (χ3v) is 1.63. The predicted octanol–water partition coefficient (Wildman–Crippen LogP) is 2.24. The third-order valence-electron chi connectivity index (χ3n) is 0.837. The molecule has 1 radical (unpaired) electrons. The van der Waals surface area contributed by atoms with Gasteiger partial charge < -0.3 is 12.6 Å². The van der Waals surface area contributed by atoms with Crippen molar-refractivity contribution in [1.82, 2.24) is 0 Å². The number of halogens is 1. The monoisotopic (exact) mass is 194 g/mol. The van der Waals surface area contributed by atoms with Crippen LogP contribution in [0.3, 0.4) is 0 Å². The molecule has 47 valence electrons. The molecular weight excluding hydrogens is 191 g/mol. The van der Waals surface area contributed by atoms with Crippen LogP contribution in [0.4, 0.5) is 0 Å². The fraction of sp³-hybridized carbons (Fsp3) is 0. The van der Waals surface area contributed by atoms with E-state index in [1.807, 2.05) is 12.1 Å². The van der Waals surface area contributed by atoms with Crippen LogP contribution in [0, 0.1) is 0 Å². The summed E-state index contributed by atoms with van der Waals surface area (Å²) >= 11 is 10.4. The maximum atomic E-state index is 5.60. The molecule has 0 bridgehead atoms. The summed E-state index contributed by atoms with van der Waals surface area (Å²) in [5.41, 5.74) is 0. The van der Waals surface area contributed by atoms with Gasteiger partial charge in [-0.2, -0.15) is 4.90 Å². The molecule has 1 aromatic carbocycles. The molecule has 0 spiro atoms. The molecule has 0 aliphatic carbocycles. The molecule has 1 aromatic rings. The predicted molar refractivity (Wildman–Crippen MR) is 37.1 cm³/mol. The molecule has 0 aliphatic rings. The topological polar surface area (TPSA) is 0 Å². The van der Waals surface area contributed by atoms with E-state index in [0.717, 1.165) is 0 Å². The standard InChI is InChI=1S/C6H5ClS.V/c7-5-3-1-2-4-6(5)8;/h1-4,8H;/p-1. The Bertz CT molecular complexity index is 169. The molecular formula is C6H4ClSV-. The second-order valence-corrected chi connectivity index (χ2v) is 2.28. The molecule has 0 saturated heterocycles. The molecule has 0 unspecified atom stereocenters. The largest absolute Gasteiger partial charge is 0.778 e. The van der Waals surface area contributed by atoms with Crippen LogP contribution in [0.25, 0.3) is 0 Å². The summed E-state index contributed by atoms with van der Waals surface area (Å²) in [6, 6.07) is 7.31. The molecule has 0 nitrogen and oxygen atoms in total. The van der Waals surface area contributed by atoms with Crippen LogP contribution in [-0.4, -0.2) is 0 Å². The van der Waals surface area contributed by atoms with Crippen molar-refractivity contribution in [2.45, 2.75) is 4.90 Å². The van der Waals surface area contributed by atoms with Crippen LogP contribution in [0.5, 0.6) is 0 Å². The van der Waals surface area contributed by atoms with Crippen molar-refractivity contribution in [2.24, 2.45) is 0 Å². The maximum Gasteiger partial charge on any atom is 0.0214 e. The van der Waals surface area contributed by atoms with Crippen LogP contribution >= 0.6 is 11.6 Å². The Morgan fingerprint density at radius 3 is 2.11 bits per heavy atom. The van der Waals surface area contributed by atoms with Gasteiger partial charge in [0.05, 0.1) is 0 Å². The van der Waals surface area contributed by atoms with E-state index in [9.17, 15) is 0 Å². The Morgan fingerprint density at radius 2 is 1.78 bits per heavy atom. The van der Waals surface area contributed by atoms with Crippen molar-refractivity contribution < 1.29 is 18.6 Å². The van der Waals surface area contributed by atoms with Crippen LogP contribution in [0.15, 0.2) is 29.2 Å². The normalized spacial score (nSPS) is 8.11. The first-order chi connectivity index (χ1) is 3.80. The summed E-state index contributed by atoms with van der Waals surface area (Å²) in [7, 11) is 0. The van der Waals surface area contributed by atoms with E-state index >= 15 is 0 Å². The fourth-order valence-corrected chi connectivity index (χ4v) is 0.727. The van der Waals surface area contributed by atoms with Crippen molar-refractivity contribution in [1.29, 1.82) is 0 Å². The van der Waals surface area contributed by atoms with Crippen molar-refractivity contribution in [3.8, 4) is 0 Å². The zero-order valence-corrected chi connectivity index (χ0v) is 7.51. The summed E-state index contributed by atoms with van der Waals surface area (Å²) in [6.45, 7) is 0. The Kier molecular flexibility index (Phi) is 4.33. The third kappa shape index (κ3) is 2.59. The van der Waals surface area contributed by atoms with Crippen molar-refractivity contribution in [3.63, 3.8) is 0 Å². The molecule has 0 aliphatic heterocycles. The Labute approximate surface area is 76.9 Å². The first-order valence-electron chi connectivity index (χ1n) is 2.22. The van der Waals surface area contributed by atoms with Crippen molar-refractivity contribution >= 4 is 24.2 Å². The second-order valence-electron chi connectivity index (χ2n) is 1.43. The van der Waals surface area contributed by atoms with E-state index < -0.39 is 0 Å². The van der Waals surface area contributed by atoms with Crippen molar-refractivity contribution in [3.05, 3.63) is 29.3 Å². The van der Waals surface area contributed by atoms with E-state index in [-0.39, 0.29) is 18.6 Å². The molecule has 3 heteroatoms. The van der Waals surface area contributed by atoms with Gasteiger partial charge in [-0.25, -0.2) is 0 Å². The van der Waals surface area contributed by atoms with Gasteiger partial charge in [0, 0.05) is 23.6 Å². The van der Waals surface area contributed by atoms with Crippen LogP contribution < -0.4 is 0 Å². The van der Waals surface area contributed by atoms with Gasteiger partial charge in [0.15, 0.2) is 0 Å². The van der Waals surface area contributed by atoms with Gasteiger partial charge in [0.1, 0.15) is 0 Å². The molecule has 0 heterocycles. The number of rotatable bonds is 0. The van der Waals surface area contributed by atoms with Gasteiger partial charge in [-0.05, 0) is 6.07 Å². The van der Waals surface area contributed by atoms with Crippen LogP contribution in [-0.2, 0) is 31.2 Å². The first-order valence-corrected chi connectivity index (χ1v) is 3.01. The molecule has 0 saturated carbocycles. The second kappa shape index (κ2) is 4.18. The average Bonchev–Trinajstić information content (AvgIpc) is 1.77. The van der Waals surface area contributed by atoms with Gasteiger partial charge in [0.2, 0.25) is 0 Å². The Hall–Kier alpha value is 0.314. The number of benzene rings is 1. The average molecular weight is 195 g/mol. The van der Waals surface area contributed by atoms with E-state index in [4.69, 9.17) is 24.2 Å². The van der Waals surface area contributed by atoms with Gasteiger partial charge >= 0.3 is 0 Å². The zero-order chi connectivity index (χ0) is 5.98.